The lowest BCUT2D eigenvalue weighted by atomic mass is 9.73. The first-order valence-corrected chi connectivity index (χ1v) is 15.8. The van der Waals surface area contributed by atoms with Crippen molar-refractivity contribution in [3.63, 3.8) is 0 Å². The summed E-state index contributed by atoms with van der Waals surface area (Å²) < 4.78 is 11.5. The van der Waals surface area contributed by atoms with Crippen LogP contribution in [0.4, 0.5) is 16.4 Å². The van der Waals surface area contributed by atoms with Gasteiger partial charge in [-0.15, -0.1) is 0 Å². The highest BCUT2D eigenvalue weighted by atomic mass is 35.5. The summed E-state index contributed by atoms with van der Waals surface area (Å²) in [5.41, 5.74) is -0.273. The van der Waals surface area contributed by atoms with Crippen molar-refractivity contribution in [2.24, 2.45) is 5.41 Å². The molecule has 3 atom stereocenters. The van der Waals surface area contributed by atoms with E-state index in [0.29, 0.717) is 47.1 Å². The first-order chi connectivity index (χ1) is 20.0. The Hall–Kier alpha value is -2.38. The molecule has 11 nitrogen and oxygen atoms in total. The van der Waals surface area contributed by atoms with Crippen molar-refractivity contribution in [3.8, 4) is 0 Å². The zero-order valence-electron chi connectivity index (χ0n) is 24.7. The van der Waals surface area contributed by atoms with Crippen LogP contribution in [0.1, 0.15) is 59.1 Å². The molecule has 3 fully saturated rings. The minimum Gasteiger partial charge on any atom is -0.444 e. The molecule has 13 heteroatoms. The van der Waals surface area contributed by atoms with Gasteiger partial charge >= 0.3 is 6.09 Å². The van der Waals surface area contributed by atoms with Gasteiger partial charge in [0.05, 0.1) is 49.2 Å². The predicted octanol–water partition coefficient (Wildman–Crippen LogP) is 4.03. The fourth-order valence-electron chi connectivity index (χ4n) is 6.24. The number of hydrogen-bond donors (Lipinski definition) is 3. The number of amides is 1. The summed E-state index contributed by atoms with van der Waals surface area (Å²) in [7, 11) is 0. The minimum absolute atomic E-state index is 0.0152. The highest BCUT2D eigenvalue weighted by Crippen LogP contribution is 2.44. The molecule has 1 unspecified atom stereocenters. The number of pyridine rings is 1. The number of piperidine rings is 1. The third-order valence-corrected chi connectivity index (χ3v) is 9.80. The van der Waals surface area contributed by atoms with Crippen LogP contribution in [-0.2, 0) is 16.1 Å². The Kier molecular flexibility index (Phi) is 9.39. The molecule has 3 aliphatic rings. The number of rotatable bonds is 7. The first-order valence-electron chi connectivity index (χ1n) is 14.6. The van der Waals surface area contributed by atoms with E-state index < -0.39 is 11.7 Å². The molecule has 3 aliphatic heterocycles. The number of ether oxygens (including phenoxy) is 2. The number of anilines is 2. The molecule has 3 saturated heterocycles. The maximum atomic E-state index is 12.6. The second-order valence-corrected chi connectivity index (χ2v) is 13.8. The van der Waals surface area contributed by atoms with E-state index in [9.17, 15) is 15.0 Å². The lowest BCUT2D eigenvalue weighted by molar-refractivity contribution is 0.0434. The van der Waals surface area contributed by atoms with E-state index >= 15 is 0 Å². The van der Waals surface area contributed by atoms with Crippen molar-refractivity contribution < 1.29 is 24.5 Å². The van der Waals surface area contributed by atoms with Crippen LogP contribution in [0.15, 0.2) is 28.4 Å². The van der Waals surface area contributed by atoms with E-state index in [-0.39, 0.29) is 36.8 Å². The Bertz CT molecular complexity index is 1270. The average molecular weight is 621 g/mol. The zero-order valence-corrected chi connectivity index (χ0v) is 26.2. The maximum absolute atomic E-state index is 12.6. The molecule has 2 aromatic rings. The van der Waals surface area contributed by atoms with Crippen molar-refractivity contribution in [2.75, 3.05) is 42.6 Å². The highest BCUT2D eigenvalue weighted by molar-refractivity contribution is 7.99. The van der Waals surface area contributed by atoms with E-state index in [2.05, 4.69) is 20.1 Å². The van der Waals surface area contributed by atoms with Gasteiger partial charge in [0.2, 0.25) is 0 Å². The van der Waals surface area contributed by atoms with Crippen LogP contribution >= 0.6 is 23.4 Å². The van der Waals surface area contributed by atoms with Crippen LogP contribution in [-0.4, -0.2) is 87.9 Å². The van der Waals surface area contributed by atoms with E-state index in [0.717, 1.165) is 37.1 Å². The van der Waals surface area contributed by atoms with E-state index in [1.165, 1.54) is 11.8 Å². The molecule has 0 radical (unpaired) electrons. The third-order valence-electron chi connectivity index (χ3n) is 8.35. The number of halogens is 1. The lowest BCUT2D eigenvalue weighted by Crippen LogP contribution is -2.55. The van der Waals surface area contributed by atoms with Crippen molar-refractivity contribution in [2.45, 2.75) is 93.7 Å². The van der Waals surface area contributed by atoms with Crippen LogP contribution in [0, 0.1) is 5.41 Å². The van der Waals surface area contributed by atoms with Gasteiger partial charge in [-0.2, -0.15) is 0 Å². The maximum Gasteiger partial charge on any atom is 0.407 e. The third kappa shape index (κ3) is 6.57. The summed E-state index contributed by atoms with van der Waals surface area (Å²) >= 11 is 8.15. The Morgan fingerprint density at radius 3 is 2.69 bits per heavy atom. The first kappa shape index (κ1) is 31.1. The molecule has 42 heavy (non-hydrogen) atoms. The molecule has 2 aromatic heterocycles. The SMILES string of the molecule is C[C@@H]1OCC2(CCN(c3ncc(Sc4ccnc(N5CCCC5CO)c4Cl)nc3CO)CC2)[C@@H]1NC(=O)OC(C)(C)C. The summed E-state index contributed by atoms with van der Waals surface area (Å²) in [6.07, 6.45) is 6.36. The van der Waals surface area contributed by atoms with Gasteiger partial charge in [-0.25, -0.2) is 19.7 Å². The molecular formula is C29H41ClN6O5S. The average Bonchev–Trinajstić information content (AvgIpc) is 3.54. The van der Waals surface area contributed by atoms with E-state index in [4.69, 9.17) is 31.0 Å². The summed E-state index contributed by atoms with van der Waals surface area (Å²) in [5.74, 6) is 1.32. The number of alkyl carbamates (subject to hydrolysis) is 1. The Labute approximate surface area is 256 Å². The summed E-state index contributed by atoms with van der Waals surface area (Å²) in [5, 5.41) is 24.2. The standard InChI is InChI=1S/C29H41ClN6O5S/c1-18-24(34-27(39)41-28(2,3)4)29(17-40-18)8-12-35(13-9-29)25-20(16-38)33-22(14-32-25)42-21-7-10-31-26(23(21)30)36-11-5-6-19(36)15-37/h7,10,14,18-19,24,37-38H,5-6,8-9,11-13,15-17H2,1-4H3,(H,34,39)/t18-,19?,24+/m0/s1. The number of carbonyl (C=O) groups is 1. The second-order valence-electron chi connectivity index (χ2n) is 12.3. The predicted molar refractivity (Wildman–Crippen MR) is 161 cm³/mol. The fraction of sp³-hybridized carbons (Fsp3) is 0.655. The highest BCUT2D eigenvalue weighted by Gasteiger charge is 2.50. The number of nitrogens with zero attached hydrogens (tertiary/aromatic N) is 5. The van der Waals surface area contributed by atoms with Crippen LogP contribution in [0.5, 0.6) is 0 Å². The van der Waals surface area contributed by atoms with E-state index in [1.807, 2.05) is 33.8 Å². The van der Waals surface area contributed by atoms with Crippen molar-refractivity contribution >= 4 is 41.1 Å². The van der Waals surface area contributed by atoms with Crippen LogP contribution in [0.3, 0.4) is 0 Å². The van der Waals surface area contributed by atoms with Crippen LogP contribution in [0.25, 0.3) is 0 Å². The molecular weight excluding hydrogens is 580 g/mol. The van der Waals surface area contributed by atoms with Crippen molar-refractivity contribution in [1.82, 2.24) is 20.3 Å². The molecule has 5 heterocycles. The monoisotopic (exact) mass is 620 g/mol. The number of carbonyl (C=O) groups excluding carboxylic acids is 1. The Balaban J connectivity index is 1.27. The van der Waals surface area contributed by atoms with Gasteiger partial charge in [-0.05, 0) is 59.4 Å². The van der Waals surface area contributed by atoms with Gasteiger partial charge < -0.3 is 34.8 Å². The molecule has 0 saturated carbocycles. The topological polar surface area (TPSA) is 133 Å². The smallest absolute Gasteiger partial charge is 0.407 e. The van der Waals surface area contributed by atoms with Gasteiger partial charge in [0.1, 0.15) is 22.1 Å². The van der Waals surface area contributed by atoms with Gasteiger partial charge in [0, 0.05) is 36.1 Å². The normalized spacial score (nSPS) is 23.9. The Morgan fingerprint density at radius 2 is 2.00 bits per heavy atom. The molecule has 3 N–H and O–H groups in total. The van der Waals surface area contributed by atoms with Gasteiger partial charge in [-0.3, -0.25) is 0 Å². The second kappa shape index (κ2) is 12.7. The number of hydrogen-bond acceptors (Lipinski definition) is 11. The molecule has 0 aromatic carbocycles. The number of aliphatic hydroxyl groups is 2. The number of nitrogens with one attached hydrogen (secondary N) is 1. The molecule has 1 amide bonds. The summed E-state index contributed by atoms with van der Waals surface area (Å²) in [4.78, 5) is 31.5. The quantitative estimate of drug-likeness (QED) is 0.414. The molecule has 230 valence electrons. The molecule has 5 rings (SSSR count). The van der Waals surface area contributed by atoms with Gasteiger partial charge in [0.15, 0.2) is 5.82 Å². The van der Waals surface area contributed by atoms with Crippen LogP contribution < -0.4 is 15.1 Å². The van der Waals surface area contributed by atoms with Crippen molar-refractivity contribution in [1.29, 1.82) is 0 Å². The van der Waals surface area contributed by atoms with Gasteiger partial charge in [-0.1, -0.05) is 23.4 Å². The minimum atomic E-state index is -0.574. The molecule has 1 spiro atoms. The number of aromatic nitrogens is 3. The molecule has 0 aliphatic carbocycles. The largest absolute Gasteiger partial charge is 0.444 e. The van der Waals surface area contributed by atoms with Crippen molar-refractivity contribution in [3.05, 3.63) is 29.2 Å². The van der Waals surface area contributed by atoms with E-state index in [1.54, 1.807) is 12.4 Å². The Morgan fingerprint density at radius 1 is 1.24 bits per heavy atom. The fourth-order valence-corrected chi connectivity index (χ4v) is 7.37. The summed E-state index contributed by atoms with van der Waals surface area (Å²) in [6, 6.07) is 1.70. The molecule has 0 bridgehead atoms. The summed E-state index contributed by atoms with van der Waals surface area (Å²) in [6.45, 7) is 10.1. The van der Waals surface area contributed by atoms with Crippen LogP contribution in [0.2, 0.25) is 5.02 Å². The number of aliphatic hydroxyl groups excluding tert-OH is 2. The lowest BCUT2D eigenvalue weighted by Gasteiger charge is -2.43. The zero-order chi connectivity index (χ0) is 30.1. The van der Waals surface area contributed by atoms with Gasteiger partial charge in [0.25, 0.3) is 0 Å².